The normalized spacial score (nSPS) is 12.3. The van der Waals surface area contributed by atoms with Crippen LogP contribution in [0.3, 0.4) is 0 Å². The van der Waals surface area contributed by atoms with E-state index < -0.39 is 10.0 Å². The summed E-state index contributed by atoms with van der Waals surface area (Å²) in [4.78, 5) is 0. The lowest BCUT2D eigenvalue weighted by Crippen LogP contribution is -2.36. The number of sulfonamides is 1. The highest BCUT2D eigenvalue weighted by Gasteiger charge is 2.14. The van der Waals surface area contributed by atoms with Crippen molar-refractivity contribution in [2.75, 3.05) is 19.3 Å². The first-order chi connectivity index (χ1) is 6.55. The Bertz CT molecular complexity index is 223. The molecule has 0 aromatic heterocycles. The van der Waals surface area contributed by atoms with E-state index >= 15 is 0 Å². The van der Waals surface area contributed by atoms with Gasteiger partial charge in [-0.3, -0.25) is 0 Å². The van der Waals surface area contributed by atoms with Gasteiger partial charge in [0.2, 0.25) is 10.0 Å². The van der Waals surface area contributed by atoms with Gasteiger partial charge >= 0.3 is 0 Å². The Hall–Kier alpha value is -0.130. The molecule has 4 nitrogen and oxygen atoms in total. The molecule has 0 aromatic rings. The Morgan fingerprint density at radius 1 is 1.21 bits per heavy atom. The summed E-state index contributed by atoms with van der Waals surface area (Å²) in [5.74, 6) is 0.213. The average molecular weight is 222 g/mol. The molecular formula is C9H22N2O2S. The predicted molar refractivity (Wildman–Crippen MR) is 59.8 cm³/mol. The maximum Gasteiger partial charge on any atom is 0.211 e. The third-order valence-corrected chi connectivity index (χ3v) is 3.69. The lowest BCUT2D eigenvalue weighted by Gasteiger charge is -2.14. The molecule has 0 atom stereocenters. The van der Waals surface area contributed by atoms with Crippen LogP contribution in [-0.2, 0) is 10.0 Å². The molecule has 0 unspecified atom stereocenters. The van der Waals surface area contributed by atoms with Crippen molar-refractivity contribution in [3.63, 3.8) is 0 Å². The van der Waals surface area contributed by atoms with Crippen LogP contribution in [0, 0.1) is 0 Å². The van der Waals surface area contributed by atoms with Crippen molar-refractivity contribution in [1.82, 2.24) is 10.0 Å². The van der Waals surface area contributed by atoms with Crippen molar-refractivity contribution in [3.8, 4) is 0 Å². The minimum absolute atomic E-state index is 0.0922. The zero-order valence-electron chi connectivity index (χ0n) is 9.34. The van der Waals surface area contributed by atoms with Gasteiger partial charge < -0.3 is 5.32 Å². The summed E-state index contributed by atoms with van der Waals surface area (Å²) in [6, 6.07) is 0.0922. The third kappa shape index (κ3) is 6.34. The van der Waals surface area contributed by atoms with Crippen molar-refractivity contribution in [3.05, 3.63) is 0 Å². The topological polar surface area (TPSA) is 58.2 Å². The first kappa shape index (κ1) is 13.9. The molecule has 0 aliphatic rings. The Morgan fingerprint density at radius 2 is 1.79 bits per heavy atom. The zero-order chi connectivity index (χ0) is 11.0. The highest BCUT2D eigenvalue weighted by molar-refractivity contribution is 7.89. The van der Waals surface area contributed by atoms with Crippen LogP contribution in [0.25, 0.3) is 0 Å². The Morgan fingerprint density at radius 3 is 2.21 bits per heavy atom. The van der Waals surface area contributed by atoms with Crippen molar-refractivity contribution in [2.45, 2.75) is 39.2 Å². The Kier molecular flexibility index (Phi) is 7.13. The standard InChI is InChI=1S/C9H22N2O2S/c1-4-9(5-2)11-14(12,13)8-6-7-10-3/h9-11H,4-8H2,1-3H3. The van der Waals surface area contributed by atoms with Crippen LogP contribution in [0.15, 0.2) is 0 Å². The van der Waals surface area contributed by atoms with Crippen LogP contribution in [-0.4, -0.2) is 33.8 Å². The van der Waals surface area contributed by atoms with Crippen LogP contribution < -0.4 is 10.0 Å². The zero-order valence-corrected chi connectivity index (χ0v) is 10.2. The SMILES string of the molecule is CCC(CC)NS(=O)(=O)CCCNC. The minimum atomic E-state index is -3.07. The van der Waals surface area contributed by atoms with E-state index in [-0.39, 0.29) is 11.8 Å². The smallest absolute Gasteiger partial charge is 0.211 e. The Balaban J connectivity index is 3.93. The van der Waals surface area contributed by atoms with Gasteiger partial charge in [0.15, 0.2) is 0 Å². The first-order valence-electron chi connectivity index (χ1n) is 5.20. The number of rotatable bonds is 8. The van der Waals surface area contributed by atoms with E-state index in [0.29, 0.717) is 6.42 Å². The van der Waals surface area contributed by atoms with Gasteiger partial charge in [-0.2, -0.15) is 0 Å². The minimum Gasteiger partial charge on any atom is -0.320 e. The molecule has 5 heteroatoms. The van der Waals surface area contributed by atoms with Crippen molar-refractivity contribution >= 4 is 10.0 Å². The van der Waals surface area contributed by atoms with Gasteiger partial charge in [-0.25, -0.2) is 13.1 Å². The Labute approximate surface area is 87.5 Å². The number of hydrogen-bond donors (Lipinski definition) is 2. The lowest BCUT2D eigenvalue weighted by molar-refractivity contribution is 0.528. The van der Waals surface area contributed by atoms with Crippen LogP contribution in [0.4, 0.5) is 0 Å². The van der Waals surface area contributed by atoms with Gasteiger partial charge in [-0.15, -0.1) is 0 Å². The average Bonchev–Trinajstić information content (AvgIpc) is 2.14. The largest absolute Gasteiger partial charge is 0.320 e. The van der Waals surface area contributed by atoms with E-state index in [0.717, 1.165) is 19.4 Å². The molecule has 0 aliphatic carbocycles. The molecule has 0 aromatic carbocycles. The molecule has 0 fully saturated rings. The highest BCUT2D eigenvalue weighted by atomic mass is 32.2. The molecule has 0 aliphatic heterocycles. The molecule has 0 radical (unpaired) electrons. The third-order valence-electron chi connectivity index (χ3n) is 2.17. The van der Waals surface area contributed by atoms with Gasteiger partial charge in [0.05, 0.1) is 5.75 Å². The summed E-state index contributed by atoms with van der Waals surface area (Å²) < 4.78 is 25.7. The van der Waals surface area contributed by atoms with E-state index in [2.05, 4.69) is 10.0 Å². The van der Waals surface area contributed by atoms with E-state index in [1.165, 1.54) is 0 Å². The second-order valence-electron chi connectivity index (χ2n) is 3.41. The molecule has 0 saturated carbocycles. The number of nitrogens with one attached hydrogen (secondary N) is 2. The van der Waals surface area contributed by atoms with Gasteiger partial charge in [0.25, 0.3) is 0 Å². The van der Waals surface area contributed by atoms with E-state index in [4.69, 9.17) is 0 Å². The van der Waals surface area contributed by atoms with Crippen LogP contribution >= 0.6 is 0 Å². The molecule has 0 bridgehead atoms. The molecule has 0 rings (SSSR count). The fourth-order valence-electron chi connectivity index (χ4n) is 1.21. The second-order valence-corrected chi connectivity index (χ2v) is 5.28. The van der Waals surface area contributed by atoms with Gasteiger partial charge in [0, 0.05) is 6.04 Å². The summed E-state index contributed by atoms with van der Waals surface area (Å²) in [5.41, 5.74) is 0. The van der Waals surface area contributed by atoms with E-state index in [9.17, 15) is 8.42 Å². The molecule has 14 heavy (non-hydrogen) atoms. The maximum absolute atomic E-state index is 11.5. The van der Waals surface area contributed by atoms with E-state index in [1.54, 1.807) is 0 Å². The fraction of sp³-hybridized carbons (Fsp3) is 1.00. The van der Waals surface area contributed by atoms with Crippen molar-refractivity contribution in [2.24, 2.45) is 0 Å². The van der Waals surface area contributed by atoms with Gasteiger partial charge in [-0.05, 0) is 32.9 Å². The summed E-state index contributed by atoms with van der Waals surface area (Å²) in [7, 11) is -1.25. The molecule has 0 amide bonds. The molecule has 0 saturated heterocycles. The second kappa shape index (κ2) is 7.20. The molecular weight excluding hydrogens is 200 g/mol. The summed E-state index contributed by atoms with van der Waals surface area (Å²) in [6.07, 6.45) is 2.36. The monoisotopic (exact) mass is 222 g/mol. The van der Waals surface area contributed by atoms with Crippen LogP contribution in [0.5, 0.6) is 0 Å². The van der Waals surface area contributed by atoms with Crippen molar-refractivity contribution in [1.29, 1.82) is 0 Å². The molecule has 0 heterocycles. The molecule has 2 N–H and O–H groups in total. The number of hydrogen-bond acceptors (Lipinski definition) is 3. The summed E-state index contributed by atoms with van der Waals surface area (Å²) in [6.45, 7) is 4.72. The summed E-state index contributed by atoms with van der Waals surface area (Å²) >= 11 is 0. The van der Waals surface area contributed by atoms with Gasteiger partial charge in [-0.1, -0.05) is 13.8 Å². The van der Waals surface area contributed by atoms with Crippen molar-refractivity contribution < 1.29 is 8.42 Å². The summed E-state index contributed by atoms with van der Waals surface area (Å²) in [5, 5.41) is 2.93. The molecule has 86 valence electrons. The molecule has 0 spiro atoms. The highest BCUT2D eigenvalue weighted by Crippen LogP contribution is 2.00. The lowest BCUT2D eigenvalue weighted by atomic mass is 10.2. The predicted octanol–water partition coefficient (Wildman–Crippen LogP) is 0.704. The first-order valence-corrected chi connectivity index (χ1v) is 6.85. The maximum atomic E-state index is 11.5. The van der Waals surface area contributed by atoms with Crippen LogP contribution in [0.2, 0.25) is 0 Å². The fourth-order valence-corrected chi connectivity index (χ4v) is 2.69. The van der Waals surface area contributed by atoms with Gasteiger partial charge in [0.1, 0.15) is 0 Å². The van der Waals surface area contributed by atoms with Crippen LogP contribution in [0.1, 0.15) is 33.1 Å². The van der Waals surface area contributed by atoms with E-state index in [1.807, 2.05) is 20.9 Å². The quantitative estimate of drug-likeness (QED) is 0.595.